The first kappa shape index (κ1) is 16.2. The summed E-state index contributed by atoms with van der Waals surface area (Å²) in [7, 11) is 1.70. The zero-order valence-electron chi connectivity index (χ0n) is 14.2. The van der Waals surface area contributed by atoms with E-state index >= 15 is 0 Å². The second-order valence-corrected chi connectivity index (χ2v) is 5.93. The molecule has 1 aliphatic rings. The van der Waals surface area contributed by atoms with Crippen LogP contribution in [0.25, 0.3) is 0 Å². The van der Waals surface area contributed by atoms with Crippen molar-refractivity contribution in [1.82, 2.24) is 4.90 Å². The van der Waals surface area contributed by atoms with Crippen LogP contribution >= 0.6 is 0 Å². The van der Waals surface area contributed by atoms with Crippen molar-refractivity contribution in [2.45, 2.75) is 32.0 Å². The van der Waals surface area contributed by atoms with Gasteiger partial charge in [0.05, 0.1) is 19.5 Å². The fourth-order valence-electron chi connectivity index (χ4n) is 2.99. The highest BCUT2D eigenvalue weighted by Gasteiger charge is 2.22. The van der Waals surface area contributed by atoms with Gasteiger partial charge in [0, 0.05) is 0 Å². The highest BCUT2D eigenvalue weighted by molar-refractivity contribution is 5.74. The molecular weight excluding hydrogens is 298 g/mol. The minimum Gasteiger partial charge on any atom is -0.497 e. The third-order valence-electron chi connectivity index (χ3n) is 4.40. The number of ether oxygens (including phenoxy) is 1. The Morgan fingerprint density at radius 2 is 1.96 bits per heavy atom. The second kappa shape index (κ2) is 7.77. The summed E-state index contributed by atoms with van der Waals surface area (Å²) in [5.74, 6) is 0.899. The van der Waals surface area contributed by atoms with E-state index in [1.165, 1.54) is 11.1 Å². The topological polar surface area (TPSA) is 37.2 Å². The average molecular weight is 321 g/mol. The third kappa shape index (κ3) is 3.82. The molecule has 0 aromatic heterocycles. The van der Waals surface area contributed by atoms with Gasteiger partial charge in [-0.15, -0.1) is 0 Å². The van der Waals surface area contributed by atoms with Gasteiger partial charge in [-0.1, -0.05) is 42.5 Å². The number of nitrogens with zero attached hydrogens (tertiary/aromatic N) is 3. The van der Waals surface area contributed by atoms with E-state index in [1.807, 2.05) is 24.5 Å². The van der Waals surface area contributed by atoms with Crippen LogP contribution in [0.15, 0.2) is 64.6 Å². The van der Waals surface area contributed by atoms with Crippen molar-refractivity contribution < 1.29 is 4.74 Å². The van der Waals surface area contributed by atoms with E-state index in [9.17, 15) is 0 Å². The molecule has 3 rings (SSSR count). The van der Waals surface area contributed by atoms with Gasteiger partial charge in [-0.3, -0.25) is 0 Å². The van der Waals surface area contributed by atoms with Crippen molar-refractivity contribution in [1.29, 1.82) is 0 Å². The maximum absolute atomic E-state index is 5.30. The van der Waals surface area contributed by atoms with Gasteiger partial charge in [-0.2, -0.15) is 0 Å². The van der Waals surface area contributed by atoms with Crippen LogP contribution in [0, 0.1) is 0 Å². The quantitative estimate of drug-likeness (QED) is 0.803. The van der Waals surface area contributed by atoms with Gasteiger partial charge >= 0.3 is 0 Å². The monoisotopic (exact) mass is 321 g/mol. The molecule has 1 aliphatic heterocycles. The van der Waals surface area contributed by atoms with E-state index in [0.29, 0.717) is 0 Å². The lowest BCUT2D eigenvalue weighted by molar-refractivity contribution is 0.250. The highest BCUT2D eigenvalue weighted by atomic mass is 16.5. The Hall–Kier alpha value is -2.62. The number of hydrogen-bond donors (Lipinski definition) is 0. The maximum atomic E-state index is 5.30. The molecule has 0 bridgehead atoms. The van der Waals surface area contributed by atoms with Crippen molar-refractivity contribution >= 4 is 12.7 Å². The maximum Gasteiger partial charge on any atom is 0.124 e. The Morgan fingerprint density at radius 1 is 1.12 bits per heavy atom. The van der Waals surface area contributed by atoms with E-state index in [-0.39, 0.29) is 12.2 Å². The Balaban J connectivity index is 1.69. The molecular formula is C20H23N3O. The van der Waals surface area contributed by atoms with Gasteiger partial charge < -0.3 is 9.64 Å². The molecule has 0 amide bonds. The predicted molar refractivity (Wildman–Crippen MR) is 98.8 cm³/mol. The molecule has 24 heavy (non-hydrogen) atoms. The highest BCUT2D eigenvalue weighted by Crippen LogP contribution is 2.25. The number of methoxy groups -OCH3 is 1. The first-order chi connectivity index (χ1) is 11.8. The van der Waals surface area contributed by atoms with Gasteiger partial charge in [0.15, 0.2) is 0 Å². The van der Waals surface area contributed by atoms with Crippen LogP contribution in [0.1, 0.15) is 30.5 Å². The summed E-state index contributed by atoms with van der Waals surface area (Å²) in [6, 6.07) is 18.9. The largest absolute Gasteiger partial charge is 0.497 e. The fourth-order valence-corrected chi connectivity index (χ4v) is 2.99. The number of rotatable bonds is 6. The van der Waals surface area contributed by atoms with Crippen LogP contribution in [0.2, 0.25) is 0 Å². The van der Waals surface area contributed by atoms with Crippen LogP contribution in [0.5, 0.6) is 5.75 Å². The molecule has 124 valence electrons. The summed E-state index contributed by atoms with van der Waals surface area (Å²) in [5, 5.41) is 0. The minimum atomic E-state index is 0.101. The van der Waals surface area contributed by atoms with Crippen LogP contribution in [-0.4, -0.2) is 30.9 Å². The molecule has 4 nitrogen and oxygen atoms in total. The van der Waals surface area contributed by atoms with Gasteiger partial charge in [0.2, 0.25) is 0 Å². The fraction of sp³-hybridized carbons (Fsp3) is 0.300. The molecule has 2 atom stereocenters. The Labute approximate surface area is 143 Å². The molecule has 0 aliphatic carbocycles. The molecule has 1 heterocycles. The Kier molecular flexibility index (Phi) is 5.26. The molecule has 0 spiro atoms. The molecule has 1 unspecified atom stereocenters. The standard InChI is InChI=1S/C20H23N3O/c1-16(18-8-4-3-5-9-18)23-15-21-14-22-20(23)12-11-17-7-6-10-19(13-17)24-2/h3-10,13-16,20H,11-12H2,1-2H3/t16-,20?/m0/s1. The van der Waals surface area contributed by atoms with Crippen LogP contribution in [-0.2, 0) is 6.42 Å². The number of aryl methyl sites for hydroxylation is 1. The van der Waals surface area contributed by atoms with Gasteiger partial charge in [0.1, 0.15) is 18.3 Å². The first-order valence-corrected chi connectivity index (χ1v) is 8.28. The van der Waals surface area contributed by atoms with Crippen molar-refractivity contribution in [3.63, 3.8) is 0 Å². The zero-order valence-corrected chi connectivity index (χ0v) is 14.2. The first-order valence-electron chi connectivity index (χ1n) is 8.28. The summed E-state index contributed by atoms with van der Waals surface area (Å²) < 4.78 is 5.30. The van der Waals surface area contributed by atoms with Gasteiger partial charge in [0.25, 0.3) is 0 Å². The normalized spacial score (nSPS) is 17.8. The Morgan fingerprint density at radius 3 is 2.75 bits per heavy atom. The summed E-state index contributed by atoms with van der Waals surface area (Å²) in [4.78, 5) is 11.0. The zero-order chi connectivity index (χ0) is 16.8. The van der Waals surface area contributed by atoms with E-state index in [1.54, 1.807) is 13.4 Å². The molecule has 0 fully saturated rings. The predicted octanol–water partition coefficient (Wildman–Crippen LogP) is 4.09. The molecule has 0 saturated heterocycles. The molecule has 2 aromatic carbocycles. The van der Waals surface area contributed by atoms with Crippen molar-refractivity contribution in [3.8, 4) is 5.75 Å². The van der Waals surface area contributed by atoms with Crippen LogP contribution in [0.4, 0.5) is 0 Å². The average Bonchev–Trinajstić information content (AvgIpc) is 2.67. The molecule has 0 saturated carbocycles. The lowest BCUT2D eigenvalue weighted by atomic mass is 10.0. The summed E-state index contributed by atoms with van der Waals surface area (Å²) in [6.07, 6.45) is 5.55. The summed E-state index contributed by atoms with van der Waals surface area (Å²) >= 11 is 0. The van der Waals surface area contributed by atoms with E-state index in [2.05, 4.69) is 58.2 Å². The van der Waals surface area contributed by atoms with Crippen molar-refractivity contribution in [3.05, 3.63) is 65.7 Å². The third-order valence-corrected chi connectivity index (χ3v) is 4.40. The van der Waals surface area contributed by atoms with E-state index in [0.717, 1.165) is 18.6 Å². The molecule has 4 heteroatoms. The van der Waals surface area contributed by atoms with Crippen LogP contribution < -0.4 is 4.74 Å². The SMILES string of the molecule is COc1cccc(CCC2N=CN=CN2[C@@H](C)c2ccccc2)c1. The second-order valence-electron chi connectivity index (χ2n) is 5.93. The number of benzene rings is 2. The molecule has 2 aromatic rings. The van der Waals surface area contributed by atoms with Crippen molar-refractivity contribution in [2.75, 3.05) is 7.11 Å². The van der Waals surface area contributed by atoms with E-state index < -0.39 is 0 Å². The van der Waals surface area contributed by atoms with Gasteiger partial charge in [-0.25, -0.2) is 9.98 Å². The lowest BCUT2D eigenvalue weighted by Gasteiger charge is -2.34. The summed E-state index contributed by atoms with van der Waals surface area (Å²) in [5.41, 5.74) is 2.53. The van der Waals surface area contributed by atoms with E-state index in [4.69, 9.17) is 4.74 Å². The smallest absolute Gasteiger partial charge is 0.124 e. The van der Waals surface area contributed by atoms with Crippen LogP contribution in [0.3, 0.4) is 0 Å². The lowest BCUT2D eigenvalue weighted by Crippen LogP contribution is -2.37. The number of hydrogen-bond acceptors (Lipinski definition) is 4. The van der Waals surface area contributed by atoms with Crippen molar-refractivity contribution in [2.24, 2.45) is 9.98 Å². The number of aliphatic imine (C=N–C) groups is 2. The Bertz CT molecular complexity index is 712. The molecule has 0 radical (unpaired) electrons. The minimum absolute atomic E-state index is 0.101. The van der Waals surface area contributed by atoms with Gasteiger partial charge in [-0.05, 0) is 43.0 Å². The summed E-state index contributed by atoms with van der Waals surface area (Å²) in [6.45, 7) is 2.20. The molecule has 0 N–H and O–H groups in total.